The fourth-order valence-electron chi connectivity index (χ4n) is 1.93. The lowest BCUT2D eigenvalue weighted by molar-refractivity contribution is -0.197. The average molecular weight is 323 g/mol. The summed E-state index contributed by atoms with van der Waals surface area (Å²) < 4.78 is 25.2. The summed E-state index contributed by atoms with van der Waals surface area (Å²) in [6.45, 7) is 4.40. The highest BCUT2D eigenvalue weighted by Gasteiger charge is 2.51. The molecule has 124 valence electrons. The largest absolute Gasteiger partial charge is 0.463 e. The molecule has 0 saturated carbocycles. The van der Waals surface area contributed by atoms with E-state index in [9.17, 15) is 19.2 Å². The maximum atomic E-state index is 11.2. The van der Waals surface area contributed by atoms with Crippen LogP contribution in [-0.2, 0) is 42.9 Å². The van der Waals surface area contributed by atoms with E-state index in [-0.39, 0.29) is 6.61 Å². The number of hydrogen-bond donors (Lipinski definition) is 0. The second-order valence-electron chi connectivity index (χ2n) is 4.60. The van der Waals surface area contributed by atoms with Crippen LogP contribution in [-0.4, -0.2) is 55.1 Å². The van der Waals surface area contributed by atoms with Gasteiger partial charge in [0.25, 0.3) is 0 Å². The van der Waals surface area contributed by atoms with Crippen LogP contribution in [0.25, 0.3) is 0 Å². The van der Waals surface area contributed by atoms with Gasteiger partial charge < -0.3 is 23.7 Å². The first kappa shape index (κ1) is 17.9. The van der Waals surface area contributed by atoms with Gasteiger partial charge in [-0.25, -0.2) is 0 Å². The fourth-order valence-corrected chi connectivity index (χ4v) is 1.93. The van der Waals surface area contributed by atoms with E-state index in [1.807, 2.05) is 0 Å². The first-order valence-electron chi connectivity index (χ1n) is 6.51. The van der Waals surface area contributed by atoms with Crippen molar-refractivity contribution in [2.75, 3.05) is 6.61 Å². The zero-order chi connectivity index (χ0) is 16.9. The van der Waals surface area contributed by atoms with Crippen molar-refractivity contribution >= 4 is 23.9 Å². The Bertz CT molecular complexity index is 458. The summed E-state index contributed by atoms with van der Waals surface area (Å²) in [6, 6.07) is 0. The first-order chi connectivity index (χ1) is 10.2. The van der Waals surface area contributed by atoms with Gasteiger partial charge >= 0.3 is 23.9 Å². The topological polar surface area (TPSA) is 114 Å². The summed E-state index contributed by atoms with van der Waals surface area (Å²) in [7, 11) is 0. The number of esters is 4. The molecule has 22 heavy (non-hydrogen) atoms. The Labute approximate surface area is 126 Å². The molecule has 0 radical (unpaired) electrons. The third-order valence-corrected chi connectivity index (χ3v) is 2.60. The number of hydrogen-bond acceptors (Lipinski definition) is 9. The normalized spacial score (nSPS) is 26.9. The standard InChI is InChI=1S/C13H18O9/c1-6(14)18-5-10-11(19-7(2)15)12(20-8(3)16)13(22-10)21-9(4)17/h10-13H,5H2,1-4H3/t10-,11-,12-,13-/m1/s1/i5+1,10+1,11+1,12+1,13+1. The lowest BCUT2D eigenvalue weighted by Gasteiger charge is -2.22. The molecule has 4 atom stereocenters. The minimum absolute atomic E-state index is 0.247. The predicted octanol–water partition coefficient (Wildman–Crippen LogP) is -0.299. The van der Waals surface area contributed by atoms with Crippen molar-refractivity contribution in [3.63, 3.8) is 0 Å². The molecule has 0 bridgehead atoms. The molecule has 0 N–H and O–H groups in total. The molecule has 0 aromatic carbocycles. The van der Waals surface area contributed by atoms with Crippen LogP contribution in [0.4, 0.5) is 0 Å². The zero-order valence-corrected chi connectivity index (χ0v) is 12.7. The SMILES string of the molecule is CC(=O)O[13CH2][13C@H]1O[13C@@H](OC(C)=O)[13C@H](OC(C)=O)[13C@@H]1OC(C)=O. The molecule has 0 amide bonds. The quantitative estimate of drug-likeness (QED) is 0.382. The van der Waals surface area contributed by atoms with E-state index in [4.69, 9.17) is 23.7 Å². The Hall–Kier alpha value is -2.16. The summed E-state index contributed by atoms with van der Waals surface area (Å²) in [5.41, 5.74) is 0. The molecule has 1 fully saturated rings. The van der Waals surface area contributed by atoms with E-state index in [1.165, 1.54) is 6.92 Å². The van der Waals surface area contributed by atoms with Crippen LogP contribution in [0.2, 0.25) is 0 Å². The van der Waals surface area contributed by atoms with E-state index < -0.39 is 48.5 Å². The van der Waals surface area contributed by atoms with E-state index >= 15 is 0 Å². The predicted molar refractivity (Wildman–Crippen MR) is 68.2 cm³/mol. The highest BCUT2D eigenvalue weighted by molar-refractivity contribution is 5.68. The van der Waals surface area contributed by atoms with Crippen molar-refractivity contribution < 1.29 is 42.9 Å². The van der Waals surface area contributed by atoms with Crippen molar-refractivity contribution in [1.82, 2.24) is 0 Å². The first-order valence-corrected chi connectivity index (χ1v) is 6.51. The molecule has 1 aliphatic heterocycles. The van der Waals surface area contributed by atoms with Gasteiger partial charge in [-0.2, -0.15) is 0 Å². The van der Waals surface area contributed by atoms with Crippen LogP contribution >= 0.6 is 0 Å². The molecular weight excluding hydrogens is 305 g/mol. The second-order valence-corrected chi connectivity index (χ2v) is 4.60. The van der Waals surface area contributed by atoms with Crippen LogP contribution in [0.3, 0.4) is 0 Å². The van der Waals surface area contributed by atoms with Gasteiger partial charge in [-0.15, -0.1) is 0 Å². The molecule has 9 nitrogen and oxygen atoms in total. The molecule has 0 aromatic heterocycles. The molecule has 9 heteroatoms. The van der Waals surface area contributed by atoms with Crippen molar-refractivity contribution in [3.8, 4) is 0 Å². The maximum absolute atomic E-state index is 11.2. The van der Waals surface area contributed by atoms with Crippen molar-refractivity contribution in [2.24, 2.45) is 0 Å². The molecule has 1 heterocycles. The Kier molecular flexibility index (Phi) is 6.29. The number of ether oxygens (including phenoxy) is 5. The van der Waals surface area contributed by atoms with Crippen LogP contribution in [0.15, 0.2) is 0 Å². The Morgan fingerprint density at radius 3 is 1.73 bits per heavy atom. The summed E-state index contributed by atoms with van der Waals surface area (Å²) in [6.07, 6.45) is -4.40. The van der Waals surface area contributed by atoms with Crippen molar-refractivity contribution in [2.45, 2.75) is 52.3 Å². The summed E-state index contributed by atoms with van der Waals surface area (Å²) in [5.74, 6) is -2.56. The van der Waals surface area contributed by atoms with Gasteiger partial charge in [-0.05, 0) is 0 Å². The fraction of sp³-hybridized carbons (Fsp3) is 0.692. The Balaban J connectivity index is 2.94. The van der Waals surface area contributed by atoms with Crippen LogP contribution < -0.4 is 0 Å². The van der Waals surface area contributed by atoms with E-state index in [2.05, 4.69) is 0 Å². The molecule has 0 unspecified atom stereocenters. The minimum Gasteiger partial charge on any atom is -0.463 e. The maximum Gasteiger partial charge on any atom is 0.305 e. The molecule has 1 rings (SSSR count). The summed E-state index contributed by atoms with van der Waals surface area (Å²) in [4.78, 5) is 44.4. The smallest absolute Gasteiger partial charge is 0.305 e. The molecule has 0 spiro atoms. The average Bonchev–Trinajstić information content (AvgIpc) is 2.63. The molecule has 1 saturated heterocycles. The number of carbonyl (C=O) groups excluding carboxylic acids is 4. The van der Waals surface area contributed by atoms with Gasteiger partial charge in [0.2, 0.25) is 12.4 Å². The third-order valence-electron chi connectivity index (χ3n) is 2.60. The third kappa shape index (κ3) is 5.32. The van der Waals surface area contributed by atoms with Gasteiger partial charge in [-0.3, -0.25) is 19.2 Å². The van der Waals surface area contributed by atoms with Gasteiger partial charge in [0, 0.05) is 27.7 Å². The van der Waals surface area contributed by atoms with Gasteiger partial charge in [0.05, 0.1) is 0 Å². The van der Waals surface area contributed by atoms with Gasteiger partial charge in [0.1, 0.15) is 12.7 Å². The monoisotopic (exact) mass is 323 g/mol. The van der Waals surface area contributed by atoms with Gasteiger partial charge in [0.15, 0.2) is 6.10 Å². The molecule has 1 aliphatic rings. The molecule has 0 aromatic rings. The van der Waals surface area contributed by atoms with Crippen LogP contribution in [0, 0.1) is 0 Å². The lowest BCUT2D eigenvalue weighted by Crippen LogP contribution is -2.42. The Morgan fingerprint density at radius 2 is 1.27 bits per heavy atom. The van der Waals surface area contributed by atoms with Crippen LogP contribution in [0.1, 0.15) is 27.7 Å². The number of carbonyl (C=O) groups is 4. The minimum atomic E-state index is -1.26. The zero-order valence-electron chi connectivity index (χ0n) is 12.7. The van der Waals surface area contributed by atoms with Crippen molar-refractivity contribution in [3.05, 3.63) is 0 Å². The lowest BCUT2D eigenvalue weighted by atomic mass is 10.8. The summed E-state index contributed by atoms with van der Waals surface area (Å²) >= 11 is 0. The van der Waals surface area contributed by atoms with Crippen molar-refractivity contribution in [1.29, 1.82) is 0 Å². The highest BCUT2D eigenvalue weighted by Crippen LogP contribution is 2.28. The van der Waals surface area contributed by atoms with E-state index in [1.54, 1.807) is 0 Å². The van der Waals surface area contributed by atoms with E-state index in [0.717, 1.165) is 20.8 Å². The molecule has 0 aliphatic carbocycles. The Morgan fingerprint density at radius 1 is 0.773 bits per heavy atom. The number of rotatable bonds is 5. The molecular formula is C13H18O9. The second kappa shape index (κ2) is 7.74. The highest BCUT2D eigenvalue weighted by atomic mass is 16.9. The summed E-state index contributed by atoms with van der Waals surface area (Å²) in [5, 5.41) is 0. The van der Waals surface area contributed by atoms with Crippen LogP contribution in [0.5, 0.6) is 0 Å². The van der Waals surface area contributed by atoms with Gasteiger partial charge in [-0.1, -0.05) is 0 Å². The van der Waals surface area contributed by atoms with E-state index in [0.29, 0.717) is 0 Å².